The standard InChI is InChI=1S/C16H13F3N2O5S2/c1-4-25-15(22)13-9(3)21-14(27-13)10-5-8(2)12(11(6-10)7-20)26-28(23,24)16(17,18)19/h5-6H,4H2,1-3H3. The average molecular weight is 434 g/mol. The van der Waals surface area contributed by atoms with Gasteiger partial charge in [-0.25, -0.2) is 9.78 Å². The molecule has 0 amide bonds. The van der Waals surface area contributed by atoms with Crippen molar-refractivity contribution in [2.24, 2.45) is 0 Å². The molecule has 28 heavy (non-hydrogen) atoms. The van der Waals surface area contributed by atoms with Gasteiger partial charge in [-0.3, -0.25) is 0 Å². The third-order valence-corrected chi connectivity index (χ3v) is 5.52. The van der Waals surface area contributed by atoms with Crippen LogP contribution in [-0.2, 0) is 14.9 Å². The number of thiazole rings is 1. The number of alkyl halides is 3. The lowest BCUT2D eigenvalue weighted by molar-refractivity contribution is -0.0500. The van der Waals surface area contributed by atoms with E-state index in [0.29, 0.717) is 16.3 Å². The molecule has 0 aliphatic heterocycles. The number of hydrogen-bond donors (Lipinski definition) is 0. The summed E-state index contributed by atoms with van der Waals surface area (Å²) in [5, 5.41) is 9.55. The van der Waals surface area contributed by atoms with Crippen LogP contribution in [0.1, 0.15) is 33.4 Å². The molecule has 0 atom stereocenters. The molecule has 1 heterocycles. The van der Waals surface area contributed by atoms with Gasteiger partial charge in [0.05, 0.1) is 17.9 Å². The van der Waals surface area contributed by atoms with E-state index in [4.69, 9.17) is 4.74 Å². The molecular formula is C16H13F3N2O5S2. The molecule has 2 aromatic rings. The number of aryl methyl sites for hydroxylation is 2. The van der Waals surface area contributed by atoms with E-state index in [1.807, 2.05) is 0 Å². The molecule has 0 bridgehead atoms. The molecule has 0 saturated heterocycles. The molecule has 0 N–H and O–H groups in total. The van der Waals surface area contributed by atoms with Crippen LogP contribution in [0.25, 0.3) is 10.6 Å². The second-order valence-electron chi connectivity index (χ2n) is 5.42. The first-order valence-corrected chi connectivity index (χ1v) is 9.84. The normalized spacial score (nSPS) is 11.8. The van der Waals surface area contributed by atoms with Gasteiger partial charge in [-0.05, 0) is 38.5 Å². The molecule has 0 fully saturated rings. The van der Waals surface area contributed by atoms with Crippen LogP contribution in [0.2, 0.25) is 0 Å². The molecule has 12 heteroatoms. The first-order valence-electron chi connectivity index (χ1n) is 7.61. The summed E-state index contributed by atoms with van der Waals surface area (Å²) < 4.78 is 69.3. The zero-order chi connectivity index (χ0) is 21.3. The Kier molecular flexibility index (Phi) is 6.00. The minimum absolute atomic E-state index is 0.0209. The molecule has 0 aliphatic rings. The minimum atomic E-state index is -5.93. The molecule has 2 rings (SSSR count). The van der Waals surface area contributed by atoms with Gasteiger partial charge in [0.25, 0.3) is 0 Å². The topological polar surface area (TPSA) is 106 Å². The smallest absolute Gasteiger partial charge is 0.462 e. The molecule has 150 valence electrons. The van der Waals surface area contributed by atoms with E-state index in [-0.39, 0.29) is 17.0 Å². The van der Waals surface area contributed by atoms with E-state index in [1.54, 1.807) is 19.9 Å². The number of esters is 1. The van der Waals surface area contributed by atoms with Crippen LogP contribution in [0.4, 0.5) is 13.2 Å². The maximum atomic E-state index is 12.6. The van der Waals surface area contributed by atoms with Gasteiger partial charge in [-0.2, -0.15) is 26.9 Å². The number of hydrogen-bond acceptors (Lipinski definition) is 8. The van der Waals surface area contributed by atoms with Crippen LogP contribution in [0, 0.1) is 25.2 Å². The number of benzene rings is 1. The Bertz CT molecular complexity index is 1070. The van der Waals surface area contributed by atoms with E-state index in [0.717, 1.165) is 17.4 Å². The van der Waals surface area contributed by atoms with Gasteiger partial charge in [-0.1, -0.05) is 0 Å². The van der Waals surface area contributed by atoms with Gasteiger partial charge in [-0.15, -0.1) is 11.3 Å². The number of halogens is 3. The van der Waals surface area contributed by atoms with Gasteiger partial charge >= 0.3 is 21.6 Å². The van der Waals surface area contributed by atoms with Crippen molar-refractivity contribution < 1.29 is 35.3 Å². The van der Waals surface area contributed by atoms with Crippen molar-refractivity contribution in [3.8, 4) is 22.4 Å². The van der Waals surface area contributed by atoms with Crippen LogP contribution in [0.3, 0.4) is 0 Å². The van der Waals surface area contributed by atoms with Crippen LogP contribution in [0.15, 0.2) is 12.1 Å². The number of nitrogens with zero attached hydrogens (tertiary/aromatic N) is 2. The van der Waals surface area contributed by atoms with Crippen molar-refractivity contribution >= 4 is 27.4 Å². The lowest BCUT2D eigenvalue weighted by atomic mass is 10.1. The van der Waals surface area contributed by atoms with Crippen molar-refractivity contribution in [2.45, 2.75) is 26.3 Å². The van der Waals surface area contributed by atoms with Crippen molar-refractivity contribution in [1.29, 1.82) is 5.26 Å². The Balaban J connectivity index is 2.52. The predicted molar refractivity (Wildman–Crippen MR) is 93.3 cm³/mol. The zero-order valence-electron chi connectivity index (χ0n) is 14.7. The summed E-state index contributed by atoms with van der Waals surface area (Å²) in [5.41, 5.74) is -5.38. The van der Waals surface area contributed by atoms with Gasteiger partial charge in [0, 0.05) is 5.56 Å². The Morgan fingerprint density at radius 2 is 1.96 bits per heavy atom. The maximum absolute atomic E-state index is 12.6. The number of nitriles is 1. The predicted octanol–water partition coefficient (Wildman–Crippen LogP) is 3.70. The quantitative estimate of drug-likeness (QED) is 0.401. The van der Waals surface area contributed by atoms with Gasteiger partial charge in [0.1, 0.15) is 16.0 Å². The Morgan fingerprint density at radius 3 is 2.50 bits per heavy atom. The molecule has 1 aromatic heterocycles. The number of carbonyl (C=O) groups is 1. The Hall–Kier alpha value is -2.65. The summed E-state index contributed by atoms with van der Waals surface area (Å²) >= 11 is 0.978. The van der Waals surface area contributed by atoms with Crippen LogP contribution in [0.5, 0.6) is 5.75 Å². The highest BCUT2D eigenvalue weighted by molar-refractivity contribution is 7.88. The van der Waals surface area contributed by atoms with Crippen LogP contribution >= 0.6 is 11.3 Å². The molecule has 1 aromatic carbocycles. The number of ether oxygens (including phenoxy) is 1. The van der Waals surface area contributed by atoms with Crippen LogP contribution in [-0.4, -0.2) is 31.5 Å². The van der Waals surface area contributed by atoms with Crippen molar-refractivity contribution in [1.82, 2.24) is 4.98 Å². The number of aromatic nitrogens is 1. The highest BCUT2D eigenvalue weighted by atomic mass is 32.2. The third-order valence-electron chi connectivity index (χ3n) is 3.38. The van der Waals surface area contributed by atoms with Crippen molar-refractivity contribution in [3.05, 3.63) is 33.8 Å². The van der Waals surface area contributed by atoms with E-state index >= 15 is 0 Å². The number of carbonyl (C=O) groups excluding carboxylic acids is 1. The van der Waals surface area contributed by atoms with Gasteiger partial charge in [0.15, 0.2) is 5.75 Å². The van der Waals surface area contributed by atoms with E-state index in [2.05, 4.69) is 9.17 Å². The Morgan fingerprint density at radius 1 is 1.32 bits per heavy atom. The Labute approximate surface area is 162 Å². The molecule has 0 unspecified atom stereocenters. The van der Waals surface area contributed by atoms with Crippen LogP contribution < -0.4 is 4.18 Å². The largest absolute Gasteiger partial charge is 0.534 e. The monoisotopic (exact) mass is 434 g/mol. The molecular weight excluding hydrogens is 421 g/mol. The summed E-state index contributed by atoms with van der Waals surface area (Å²) in [6.07, 6.45) is 0. The second-order valence-corrected chi connectivity index (χ2v) is 7.96. The fourth-order valence-electron chi connectivity index (χ4n) is 2.15. The molecule has 0 spiro atoms. The molecule has 0 saturated carbocycles. The summed E-state index contributed by atoms with van der Waals surface area (Å²) in [5.74, 6) is -1.29. The fraction of sp³-hybridized carbons (Fsp3) is 0.312. The van der Waals surface area contributed by atoms with Gasteiger partial charge in [0.2, 0.25) is 0 Å². The summed E-state index contributed by atoms with van der Waals surface area (Å²) in [6, 6.07) is 4.07. The van der Waals surface area contributed by atoms with E-state index < -0.39 is 32.9 Å². The lowest BCUT2D eigenvalue weighted by Gasteiger charge is -2.13. The maximum Gasteiger partial charge on any atom is 0.534 e. The molecule has 7 nitrogen and oxygen atoms in total. The molecule has 0 aliphatic carbocycles. The highest BCUT2D eigenvalue weighted by Gasteiger charge is 2.49. The first kappa shape index (κ1) is 21.6. The highest BCUT2D eigenvalue weighted by Crippen LogP contribution is 2.36. The average Bonchev–Trinajstić information content (AvgIpc) is 2.97. The summed E-state index contributed by atoms with van der Waals surface area (Å²) in [7, 11) is -5.93. The second kappa shape index (κ2) is 7.76. The van der Waals surface area contributed by atoms with Gasteiger partial charge < -0.3 is 8.92 Å². The lowest BCUT2D eigenvalue weighted by Crippen LogP contribution is -2.28. The summed E-state index contributed by atoms with van der Waals surface area (Å²) in [6.45, 7) is 4.68. The zero-order valence-corrected chi connectivity index (χ0v) is 16.4. The first-order chi connectivity index (χ1) is 12.9. The number of rotatable bonds is 5. The van der Waals surface area contributed by atoms with Crippen molar-refractivity contribution in [3.63, 3.8) is 0 Å². The fourth-order valence-corrected chi connectivity index (χ4v) is 3.64. The van der Waals surface area contributed by atoms with E-state index in [9.17, 15) is 31.6 Å². The molecule has 0 radical (unpaired) electrons. The minimum Gasteiger partial charge on any atom is -0.462 e. The SMILES string of the molecule is CCOC(=O)c1sc(-c2cc(C)c(OS(=O)(=O)C(F)(F)F)c(C#N)c2)nc1C. The van der Waals surface area contributed by atoms with E-state index in [1.165, 1.54) is 13.0 Å². The third kappa shape index (κ3) is 4.26. The summed E-state index contributed by atoms with van der Waals surface area (Å²) in [4.78, 5) is 16.4. The van der Waals surface area contributed by atoms with Crippen molar-refractivity contribution in [2.75, 3.05) is 6.61 Å².